The summed E-state index contributed by atoms with van der Waals surface area (Å²) in [5.41, 5.74) is -0.318. The topological polar surface area (TPSA) is 42.4 Å². The second-order valence-corrected chi connectivity index (χ2v) is 3.25. The SMILES string of the molecule is CCCOc1cncc(C(O)C(F)(F)F)c1. The number of rotatable bonds is 4. The summed E-state index contributed by atoms with van der Waals surface area (Å²) < 4.78 is 41.7. The molecule has 16 heavy (non-hydrogen) atoms. The minimum absolute atomic E-state index is 0.225. The standard InChI is InChI=1S/C10H12F3NO2/c1-2-3-16-8-4-7(5-14-6-8)9(15)10(11,12)13/h4-6,9,15H,2-3H2,1H3. The summed E-state index contributed by atoms with van der Waals surface area (Å²) in [6.45, 7) is 2.27. The average Bonchev–Trinajstić information content (AvgIpc) is 2.24. The van der Waals surface area contributed by atoms with Crippen molar-refractivity contribution in [2.24, 2.45) is 0 Å². The molecule has 0 saturated heterocycles. The Labute approximate surface area is 90.9 Å². The summed E-state index contributed by atoms with van der Waals surface area (Å²) in [5, 5.41) is 8.99. The molecule has 1 aromatic rings. The molecular formula is C10H12F3NO2. The molecule has 1 atom stereocenters. The van der Waals surface area contributed by atoms with Crippen LogP contribution in [0.2, 0.25) is 0 Å². The molecule has 6 heteroatoms. The molecule has 0 radical (unpaired) electrons. The second kappa shape index (κ2) is 5.16. The van der Waals surface area contributed by atoms with Gasteiger partial charge >= 0.3 is 6.18 Å². The van der Waals surface area contributed by atoms with Gasteiger partial charge in [0.05, 0.1) is 12.8 Å². The Morgan fingerprint density at radius 1 is 1.44 bits per heavy atom. The molecule has 1 rings (SSSR count). The first kappa shape index (κ1) is 12.8. The fraction of sp³-hybridized carbons (Fsp3) is 0.500. The third-order valence-electron chi connectivity index (χ3n) is 1.83. The molecule has 0 saturated carbocycles. The van der Waals surface area contributed by atoms with Gasteiger partial charge in [0.25, 0.3) is 0 Å². The Hall–Kier alpha value is -1.30. The maximum absolute atomic E-state index is 12.2. The largest absolute Gasteiger partial charge is 0.492 e. The monoisotopic (exact) mass is 235 g/mol. The highest BCUT2D eigenvalue weighted by Gasteiger charge is 2.39. The van der Waals surface area contributed by atoms with Crippen LogP contribution in [0.1, 0.15) is 25.0 Å². The van der Waals surface area contributed by atoms with Crippen LogP contribution in [0.3, 0.4) is 0 Å². The zero-order valence-electron chi connectivity index (χ0n) is 8.66. The van der Waals surface area contributed by atoms with Gasteiger partial charge in [-0.3, -0.25) is 4.98 Å². The number of aliphatic hydroxyl groups excluding tert-OH is 1. The summed E-state index contributed by atoms with van der Waals surface area (Å²) in [6.07, 6.45) is -4.19. The number of pyridine rings is 1. The molecule has 1 aromatic heterocycles. The molecule has 0 aliphatic carbocycles. The lowest BCUT2D eigenvalue weighted by Crippen LogP contribution is -2.20. The van der Waals surface area contributed by atoms with Crippen molar-refractivity contribution in [2.45, 2.75) is 25.6 Å². The van der Waals surface area contributed by atoms with E-state index in [2.05, 4.69) is 4.98 Å². The van der Waals surface area contributed by atoms with Gasteiger partial charge in [-0.25, -0.2) is 0 Å². The van der Waals surface area contributed by atoms with E-state index in [9.17, 15) is 13.2 Å². The Morgan fingerprint density at radius 2 is 2.12 bits per heavy atom. The summed E-state index contributed by atoms with van der Waals surface area (Å²) in [6, 6.07) is 1.14. The molecule has 3 nitrogen and oxygen atoms in total. The van der Waals surface area contributed by atoms with Gasteiger partial charge in [-0.2, -0.15) is 13.2 Å². The summed E-state index contributed by atoms with van der Waals surface area (Å²) in [4.78, 5) is 3.59. The number of alkyl halides is 3. The first-order valence-corrected chi connectivity index (χ1v) is 4.77. The quantitative estimate of drug-likeness (QED) is 0.871. The number of halogens is 3. The van der Waals surface area contributed by atoms with E-state index >= 15 is 0 Å². The third kappa shape index (κ3) is 3.37. The van der Waals surface area contributed by atoms with Crippen molar-refractivity contribution in [3.05, 3.63) is 24.0 Å². The van der Waals surface area contributed by atoms with Crippen molar-refractivity contribution in [2.75, 3.05) is 6.61 Å². The van der Waals surface area contributed by atoms with Gasteiger partial charge in [0.1, 0.15) is 5.75 Å². The molecule has 0 amide bonds. The van der Waals surface area contributed by atoms with E-state index in [0.717, 1.165) is 18.7 Å². The zero-order chi connectivity index (χ0) is 12.2. The predicted molar refractivity (Wildman–Crippen MR) is 51.0 cm³/mol. The van der Waals surface area contributed by atoms with Crippen molar-refractivity contribution < 1.29 is 23.0 Å². The lowest BCUT2D eigenvalue weighted by molar-refractivity contribution is -0.206. The van der Waals surface area contributed by atoms with E-state index in [1.807, 2.05) is 6.92 Å². The van der Waals surface area contributed by atoms with E-state index < -0.39 is 12.3 Å². The van der Waals surface area contributed by atoms with Gasteiger partial charge in [0.2, 0.25) is 0 Å². The van der Waals surface area contributed by atoms with Crippen LogP contribution in [0.5, 0.6) is 5.75 Å². The van der Waals surface area contributed by atoms with Crippen LogP contribution in [-0.4, -0.2) is 22.9 Å². The number of nitrogens with zero attached hydrogens (tertiary/aromatic N) is 1. The van der Waals surface area contributed by atoms with Gasteiger partial charge in [-0.15, -0.1) is 0 Å². The maximum Gasteiger partial charge on any atom is 0.418 e. The molecule has 1 heterocycles. The van der Waals surface area contributed by atoms with E-state index in [0.29, 0.717) is 6.61 Å². The number of aromatic nitrogens is 1. The highest BCUT2D eigenvalue weighted by molar-refractivity contribution is 5.25. The third-order valence-corrected chi connectivity index (χ3v) is 1.83. The number of aliphatic hydroxyl groups is 1. The number of hydrogen-bond donors (Lipinski definition) is 1. The lowest BCUT2D eigenvalue weighted by Gasteiger charge is -2.15. The van der Waals surface area contributed by atoms with Gasteiger partial charge in [-0.05, 0) is 12.5 Å². The van der Waals surface area contributed by atoms with E-state index in [-0.39, 0.29) is 11.3 Å². The van der Waals surface area contributed by atoms with Crippen LogP contribution in [0.25, 0.3) is 0 Å². The minimum Gasteiger partial charge on any atom is -0.492 e. The Morgan fingerprint density at radius 3 is 2.69 bits per heavy atom. The highest BCUT2D eigenvalue weighted by atomic mass is 19.4. The molecule has 0 spiro atoms. The fourth-order valence-corrected chi connectivity index (χ4v) is 1.07. The maximum atomic E-state index is 12.2. The fourth-order valence-electron chi connectivity index (χ4n) is 1.07. The van der Waals surface area contributed by atoms with E-state index in [4.69, 9.17) is 9.84 Å². The van der Waals surface area contributed by atoms with Crippen LogP contribution >= 0.6 is 0 Å². The molecule has 0 aliphatic rings. The molecular weight excluding hydrogens is 223 g/mol. The summed E-state index contributed by atoms with van der Waals surface area (Å²) in [5.74, 6) is 0.225. The van der Waals surface area contributed by atoms with E-state index in [1.54, 1.807) is 0 Å². The van der Waals surface area contributed by atoms with Crippen LogP contribution in [0, 0.1) is 0 Å². The first-order chi connectivity index (χ1) is 7.45. The van der Waals surface area contributed by atoms with Gasteiger partial charge in [-0.1, -0.05) is 6.92 Å². The molecule has 1 unspecified atom stereocenters. The Bertz CT molecular complexity index is 341. The van der Waals surface area contributed by atoms with Crippen molar-refractivity contribution >= 4 is 0 Å². The lowest BCUT2D eigenvalue weighted by atomic mass is 10.1. The van der Waals surface area contributed by atoms with Crippen LogP contribution in [0.4, 0.5) is 13.2 Å². The minimum atomic E-state index is -4.69. The second-order valence-electron chi connectivity index (χ2n) is 3.25. The van der Waals surface area contributed by atoms with Crippen LogP contribution in [0.15, 0.2) is 18.5 Å². The molecule has 0 aromatic carbocycles. The normalized spacial score (nSPS) is 13.6. The van der Waals surface area contributed by atoms with Crippen molar-refractivity contribution in [3.8, 4) is 5.75 Å². The number of ether oxygens (including phenoxy) is 1. The van der Waals surface area contributed by atoms with Crippen LogP contribution < -0.4 is 4.74 Å². The van der Waals surface area contributed by atoms with Crippen molar-refractivity contribution in [3.63, 3.8) is 0 Å². The summed E-state index contributed by atoms with van der Waals surface area (Å²) in [7, 11) is 0. The smallest absolute Gasteiger partial charge is 0.418 e. The first-order valence-electron chi connectivity index (χ1n) is 4.77. The molecule has 0 bridgehead atoms. The Kier molecular flexibility index (Phi) is 4.12. The molecule has 1 N–H and O–H groups in total. The van der Waals surface area contributed by atoms with Gasteiger partial charge in [0.15, 0.2) is 6.10 Å². The highest BCUT2D eigenvalue weighted by Crippen LogP contribution is 2.33. The molecule has 0 fully saturated rings. The van der Waals surface area contributed by atoms with Crippen LogP contribution in [-0.2, 0) is 0 Å². The average molecular weight is 235 g/mol. The van der Waals surface area contributed by atoms with Crippen molar-refractivity contribution in [1.82, 2.24) is 4.98 Å². The molecule has 0 aliphatic heterocycles. The van der Waals surface area contributed by atoms with Gasteiger partial charge < -0.3 is 9.84 Å². The van der Waals surface area contributed by atoms with Gasteiger partial charge in [0, 0.05) is 11.8 Å². The summed E-state index contributed by atoms with van der Waals surface area (Å²) >= 11 is 0. The predicted octanol–water partition coefficient (Wildman–Crippen LogP) is 2.47. The van der Waals surface area contributed by atoms with Crippen molar-refractivity contribution in [1.29, 1.82) is 0 Å². The van der Waals surface area contributed by atoms with E-state index in [1.165, 1.54) is 6.20 Å². The Balaban J connectivity index is 2.81. The zero-order valence-corrected chi connectivity index (χ0v) is 8.66. The number of hydrogen-bond acceptors (Lipinski definition) is 3. The molecule has 90 valence electrons.